The highest BCUT2D eigenvalue weighted by molar-refractivity contribution is 7.19. The highest BCUT2D eigenvalue weighted by Crippen LogP contribution is 2.34. The van der Waals surface area contributed by atoms with Gasteiger partial charge < -0.3 is 23.6 Å². The number of H-pyrrole nitrogens is 2. The van der Waals surface area contributed by atoms with E-state index in [-0.39, 0.29) is 16.7 Å². The first-order chi connectivity index (χ1) is 38.9. The molecule has 0 aliphatic carbocycles. The van der Waals surface area contributed by atoms with Gasteiger partial charge in [0, 0.05) is 56.8 Å². The number of benzene rings is 6. The molecule has 0 radical (unpaired) electrons. The third-order valence-electron chi connectivity index (χ3n) is 12.8. The predicted octanol–water partition coefficient (Wildman–Crippen LogP) is 15.0. The quantitative estimate of drug-likeness (QED) is 0.111. The summed E-state index contributed by atoms with van der Waals surface area (Å²) in [4.78, 5) is 69.4. The normalized spacial score (nSPS) is 11.0. The Bertz CT molecular complexity index is 4640. The maximum absolute atomic E-state index is 13.3. The van der Waals surface area contributed by atoms with Crippen molar-refractivity contribution in [2.24, 2.45) is 0 Å². The summed E-state index contributed by atoms with van der Waals surface area (Å²) in [7, 11) is 2.66. The van der Waals surface area contributed by atoms with Crippen molar-refractivity contribution in [3.8, 4) is 11.4 Å². The second kappa shape index (κ2) is 24.6. The van der Waals surface area contributed by atoms with Crippen LogP contribution in [0.15, 0.2) is 182 Å². The Kier molecular flexibility index (Phi) is 17.0. The Morgan fingerprint density at radius 1 is 0.537 bits per heavy atom. The van der Waals surface area contributed by atoms with Crippen LogP contribution in [0.25, 0.3) is 74.4 Å². The second-order valence-corrected chi connectivity index (χ2v) is 22.0. The van der Waals surface area contributed by atoms with Gasteiger partial charge in [-0.2, -0.15) is 5.10 Å². The number of aromatic nitrogens is 6. The number of methoxy groups -OCH3 is 2. The van der Waals surface area contributed by atoms with Crippen LogP contribution in [0.5, 0.6) is 0 Å². The van der Waals surface area contributed by atoms with E-state index in [0.717, 1.165) is 68.4 Å². The Morgan fingerprint density at radius 3 is 1.52 bits per heavy atom. The molecular weight excluding hydrogens is 1150 g/mol. The molecule has 13 rings (SSSR count). The number of nitrogens with zero attached hydrogens (tertiary/aromatic N) is 4. The Morgan fingerprint density at radius 2 is 1.00 bits per heavy atom. The van der Waals surface area contributed by atoms with Gasteiger partial charge in [-0.1, -0.05) is 108 Å². The van der Waals surface area contributed by atoms with Crippen LogP contribution < -0.4 is 16.7 Å². The van der Waals surface area contributed by atoms with Crippen molar-refractivity contribution in [3.63, 3.8) is 0 Å². The fraction of sp³-hybridized carbons (Fsp3) is 0.0833. The fourth-order valence-electron chi connectivity index (χ4n) is 9.29. The van der Waals surface area contributed by atoms with Crippen LogP contribution in [0, 0.1) is 0 Å². The van der Waals surface area contributed by atoms with Crippen LogP contribution >= 0.6 is 80.4 Å². The van der Waals surface area contributed by atoms with Crippen molar-refractivity contribution >= 4 is 155 Å². The van der Waals surface area contributed by atoms with Crippen molar-refractivity contribution in [2.75, 3.05) is 14.2 Å². The van der Waals surface area contributed by atoms with Crippen LogP contribution in [0.2, 0.25) is 15.1 Å². The summed E-state index contributed by atoms with van der Waals surface area (Å²) in [5, 5.41) is 19.4. The standard InChI is InChI=1S/C20H13ClN4OS.C20H14ClNO3S.C13H9NO3S.C7H6Cl2/c21-13-4-1-3-12(9-13)10-25-17-14(18-16(20(25)26)7-8-27-18)5-2-6-15(17)19-22-11-23-24-19;1-25-20(24)15-7-3-6-14-17(15)22(11-12-4-2-5-13(21)10-12)19(23)16-8-9-26-18(14)16;1-17-13(16)8-4-2-3-7-10(8)14-12(15)9-5-6-18-11(7)9;8-5-6-2-1-3-7(9)4-6/h1-9,11H,10H2,(H,22,23,24);2-10H,11H2,1H3;2-6H,1H3,(H,14,15);1-4H,5H2. The Balaban J connectivity index is 0.000000127. The van der Waals surface area contributed by atoms with E-state index in [1.807, 2.05) is 131 Å². The van der Waals surface area contributed by atoms with Gasteiger partial charge in [0.15, 0.2) is 5.82 Å². The van der Waals surface area contributed by atoms with E-state index in [0.29, 0.717) is 67.8 Å². The molecule has 13 aromatic rings. The summed E-state index contributed by atoms with van der Waals surface area (Å²) >= 11 is 28.0. The number of carbonyl (C=O) groups is 2. The van der Waals surface area contributed by atoms with Crippen LogP contribution in [0.3, 0.4) is 0 Å². The molecule has 6 aromatic carbocycles. The lowest BCUT2D eigenvalue weighted by atomic mass is 10.1. The van der Waals surface area contributed by atoms with Crippen molar-refractivity contribution in [1.29, 1.82) is 0 Å². The molecule has 0 bridgehead atoms. The maximum Gasteiger partial charge on any atom is 0.340 e. The van der Waals surface area contributed by atoms with Crippen LogP contribution in [0.4, 0.5) is 0 Å². The zero-order chi connectivity index (χ0) is 56.0. The largest absolute Gasteiger partial charge is 0.465 e. The molecule has 0 fully saturated rings. The van der Waals surface area contributed by atoms with E-state index >= 15 is 0 Å². The van der Waals surface area contributed by atoms with Crippen LogP contribution in [-0.2, 0) is 28.4 Å². The molecule has 20 heteroatoms. The monoisotopic (exact) mass is 1190 g/mol. The Hall–Kier alpha value is -7.93. The number of pyridine rings is 3. The number of thiophene rings is 3. The zero-order valence-electron chi connectivity index (χ0n) is 42.2. The van der Waals surface area contributed by atoms with Gasteiger partial charge in [-0.25, -0.2) is 14.6 Å². The van der Waals surface area contributed by atoms with E-state index in [1.54, 1.807) is 50.8 Å². The average molecular weight is 1200 g/mol. The zero-order valence-corrected chi connectivity index (χ0v) is 47.6. The fourth-order valence-corrected chi connectivity index (χ4v) is 12.9. The molecule has 0 atom stereocenters. The summed E-state index contributed by atoms with van der Waals surface area (Å²) < 4.78 is 15.8. The molecule has 2 N–H and O–H groups in total. The molecule has 80 heavy (non-hydrogen) atoms. The number of rotatable bonds is 8. The molecular formula is C60H42Cl4N6O7S3. The average Bonchev–Trinajstić information content (AvgIpc) is 4.35. The summed E-state index contributed by atoms with van der Waals surface area (Å²) in [6.45, 7) is 0.739. The molecule has 0 unspecified atom stereocenters. The van der Waals surface area contributed by atoms with E-state index in [4.69, 9.17) is 55.9 Å². The third-order valence-corrected chi connectivity index (χ3v) is 16.7. The van der Waals surface area contributed by atoms with Gasteiger partial charge >= 0.3 is 11.9 Å². The number of hydrogen-bond donors (Lipinski definition) is 2. The van der Waals surface area contributed by atoms with E-state index in [1.165, 1.54) is 43.2 Å². The summed E-state index contributed by atoms with van der Waals surface area (Å²) in [6.07, 6.45) is 1.47. The molecule has 0 spiro atoms. The second-order valence-electron chi connectivity index (χ2n) is 17.7. The lowest BCUT2D eigenvalue weighted by Crippen LogP contribution is -2.23. The number of alkyl halides is 1. The number of hydrogen-bond acceptors (Lipinski definition) is 12. The minimum atomic E-state index is -0.467. The smallest absolute Gasteiger partial charge is 0.340 e. The van der Waals surface area contributed by atoms with Gasteiger partial charge in [-0.05, 0) is 106 Å². The van der Waals surface area contributed by atoms with E-state index < -0.39 is 11.9 Å². The minimum Gasteiger partial charge on any atom is -0.465 e. The van der Waals surface area contributed by atoms with Gasteiger partial charge in [-0.15, -0.1) is 45.6 Å². The maximum atomic E-state index is 13.3. The highest BCUT2D eigenvalue weighted by atomic mass is 35.5. The molecule has 7 heterocycles. The molecule has 13 nitrogen and oxygen atoms in total. The summed E-state index contributed by atoms with van der Waals surface area (Å²) in [6, 6.07) is 44.6. The summed E-state index contributed by atoms with van der Waals surface area (Å²) in [5.74, 6) is 0.245. The number of nitrogens with one attached hydrogen (secondary N) is 2. The van der Waals surface area contributed by atoms with Crippen molar-refractivity contribution in [1.82, 2.24) is 29.3 Å². The molecule has 0 aliphatic heterocycles. The SMILES string of the molecule is COC(=O)c1cccc2c1[nH]c(=O)c1ccsc12.COC(=O)c1cccc2c3sccc3c(=O)n(Cc3cccc(Cl)c3)c12.ClCc1cccc(Cl)c1.O=c1c2ccsc2c2cccc(-c3ncn[nH]3)c2n1Cc1cccc(Cl)c1. The van der Waals surface area contributed by atoms with Gasteiger partial charge in [0.25, 0.3) is 16.7 Å². The number of ether oxygens (including phenoxy) is 2. The van der Waals surface area contributed by atoms with Gasteiger partial charge in [-0.3, -0.25) is 19.5 Å². The number of fused-ring (bicyclic) bond motifs is 9. The number of carbonyl (C=O) groups excluding carboxylic acids is 2. The van der Waals surface area contributed by atoms with E-state index in [2.05, 4.69) is 20.2 Å². The van der Waals surface area contributed by atoms with Gasteiger partial charge in [0.2, 0.25) is 0 Å². The molecule has 0 saturated carbocycles. The molecule has 0 saturated heterocycles. The predicted molar refractivity (Wildman–Crippen MR) is 327 cm³/mol. The number of halogens is 4. The van der Waals surface area contributed by atoms with E-state index in [9.17, 15) is 24.0 Å². The third kappa shape index (κ3) is 11.4. The highest BCUT2D eigenvalue weighted by Gasteiger charge is 2.21. The number of esters is 2. The van der Waals surface area contributed by atoms with Crippen LogP contribution in [0.1, 0.15) is 37.4 Å². The first-order valence-electron chi connectivity index (χ1n) is 24.3. The van der Waals surface area contributed by atoms with Crippen LogP contribution in [-0.4, -0.2) is 55.5 Å². The Labute approximate surface area is 486 Å². The topological polar surface area (TPSA) is 171 Å². The lowest BCUT2D eigenvalue weighted by molar-refractivity contribution is 0.0593. The molecule has 7 aromatic heterocycles. The minimum absolute atomic E-state index is 0.0225. The van der Waals surface area contributed by atoms with Crippen molar-refractivity contribution in [2.45, 2.75) is 19.0 Å². The van der Waals surface area contributed by atoms with Crippen molar-refractivity contribution in [3.05, 3.63) is 242 Å². The first-order valence-corrected chi connectivity index (χ1v) is 28.6. The number of aromatic amines is 2. The van der Waals surface area contributed by atoms with Gasteiger partial charge in [0.05, 0.1) is 71.1 Å². The van der Waals surface area contributed by atoms with Crippen molar-refractivity contribution < 1.29 is 19.1 Å². The molecule has 400 valence electrons. The molecule has 0 amide bonds. The number of para-hydroxylation sites is 3. The first kappa shape index (κ1) is 55.4. The summed E-state index contributed by atoms with van der Waals surface area (Å²) in [5.41, 5.74) is 6.12. The molecule has 0 aliphatic rings. The lowest BCUT2D eigenvalue weighted by Gasteiger charge is -2.14. The van der Waals surface area contributed by atoms with Gasteiger partial charge in [0.1, 0.15) is 6.33 Å².